The monoisotopic (exact) mass is 225 g/mol. The fourth-order valence-electron chi connectivity index (χ4n) is 1.22. The molecule has 7 heteroatoms. The third kappa shape index (κ3) is 1.55. The van der Waals surface area contributed by atoms with Gasteiger partial charge in [0.15, 0.2) is 0 Å². The Morgan fingerprint density at radius 1 is 1.47 bits per heavy atom. The minimum Gasteiger partial charge on any atom is -0.313 e. The number of aromatic nitrogens is 2. The first kappa shape index (κ1) is 9.60. The fourth-order valence-corrected chi connectivity index (χ4v) is 1.45. The predicted molar refractivity (Wildman–Crippen MR) is 54.0 cm³/mol. The maximum Gasteiger partial charge on any atom is 0.288 e. The van der Waals surface area contributed by atoms with Gasteiger partial charge in [-0.15, -0.1) is 0 Å². The van der Waals surface area contributed by atoms with Crippen molar-refractivity contribution in [1.29, 1.82) is 0 Å². The largest absolute Gasteiger partial charge is 0.313 e. The Hall–Kier alpha value is -1.95. The molecule has 0 amide bonds. The number of nitrogens with one attached hydrogen (secondary N) is 1. The van der Waals surface area contributed by atoms with Crippen LogP contribution >= 0.6 is 11.6 Å². The van der Waals surface area contributed by atoms with E-state index in [2.05, 4.69) is 9.97 Å². The summed E-state index contributed by atoms with van der Waals surface area (Å²) >= 11 is 5.66. The Morgan fingerprint density at radius 2 is 2.20 bits per heavy atom. The lowest BCUT2D eigenvalue weighted by molar-refractivity contribution is -0.384. The summed E-state index contributed by atoms with van der Waals surface area (Å²) in [6, 6.07) is 2.41. The van der Waals surface area contributed by atoms with Gasteiger partial charge >= 0.3 is 0 Å². The molecule has 0 atom stereocenters. The molecule has 1 heterocycles. The van der Waals surface area contributed by atoms with Crippen LogP contribution in [0, 0.1) is 10.1 Å². The molecule has 15 heavy (non-hydrogen) atoms. The summed E-state index contributed by atoms with van der Waals surface area (Å²) in [5.41, 5.74) is -0.406. The van der Waals surface area contributed by atoms with Crippen LogP contribution in [0.2, 0.25) is 5.02 Å². The molecule has 1 aromatic heterocycles. The molecule has 2 rings (SSSR count). The number of nitro groups is 1. The van der Waals surface area contributed by atoms with E-state index < -0.39 is 10.5 Å². The highest BCUT2D eigenvalue weighted by atomic mass is 35.5. The zero-order valence-corrected chi connectivity index (χ0v) is 7.99. The maximum atomic E-state index is 11.3. The Balaban J connectivity index is 2.90. The predicted octanol–water partition coefficient (Wildman–Crippen LogP) is 1.48. The van der Waals surface area contributed by atoms with E-state index in [0.717, 1.165) is 6.07 Å². The van der Waals surface area contributed by atoms with Gasteiger partial charge in [0.25, 0.3) is 11.2 Å². The van der Waals surface area contributed by atoms with Crippen LogP contribution in [-0.4, -0.2) is 14.9 Å². The van der Waals surface area contributed by atoms with Crippen LogP contribution in [0.1, 0.15) is 0 Å². The van der Waals surface area contributed by atoms with Gasteiger partial charge in [-0.25, -0.2) is 4.98 Å². The van der Waals surface area contributed by atoms with Gasteiger partial charge in [-0.2, -0.15) is 0 Å². The minimum absolute atomic E-state index is 0.0365. The number of aromatic amines is 1. The fraction of sp³-hybridized carbons (Fsp3) is 0. The summed E-state index contributed by atoms with van der Waals surface area (Å²) in [6.07, 6.45) is 1.22. The lowest BCUT2D eigenvalue weighted by Gasteiger charge is -1.97. The average molecular weight is 226 g/mol. The summed E-state index contributed by atoms with van der Waals surface area (Å²) in [5, 5.41) is 10.7. The molecule has 1 aromatic carbocycles. The Bertz CT molecular complexity index is 608. The van der Waals surface area contributed by atoms with Crippen molar-refractivity contribution in [2.75, 3.05) is 0 Å². The molecular formula is C8H4ClN3O3. The first-order chi connectivity index (χ1) is 7.09. The van der Waals surface area contributed by atoms with Crippen LogP contribution in [0.5, 0.6) is 0 Å². The highest BCUT2D eigenvalue weighted by molar-refractivity contribution is 6.33. The van der Waals surface area contributed by atoms with E-state index in [9.17, 15) is 14.9 Å². The van der Waals surface area contributed by atoms with Gasteiger partial charge in [0.2, 0.25) is 0 Å². The Morgan fingerprint density at radius 3 is 2.87 bits per heavy atom. The zero-order chi connectivity index (χ0) is 11.0. The Labute approximate surface area is 87.7 Å². The molecule has 76 valence electrons. The van der Waals surface area contributed by atoms with E-state index in [-0.39, 0.29) is 16.1 Å². The van der Waals surface area contributed by atoms with E-state index in [4.69, 9.17) is 11.6 Å². The molecular weight excluding hydrogens is 222 g/mol. The molecule has 0 radical (unpaired) electrons. The number of halogens is 1. The standard InChI is InChI=1S/C8H4ClN3O3/c9-5-2-6-4(1-7(5)12(14)15)8(13)11-3-10-6/h1-3H,(H,10,11,13). The second-order valence-electron chi connectivity index (χ2n) is 2.81. The van der Waals surface area contributed by atoms with E-state index in [1.807, 2.05) is 0 Å². The summed E-state index contributed by atoms with van der Waals surface area (Å²) in [6.45, 7) is 0. The number of benzene rings is 1. The van der Waals surface area contributed by atoms with Gasteiger partial charge in [-0.1, -0.05) is 11.6 Å². The molecule has 0 fully saturated rings. The lowest BCUT2D eigenvalue weighted by atomic mass is 10.2. The summed E-state index contributed by atoms with van der Waals surface area (Å²) < 4.78 is 0. The summed E-state index contributed by atoms with van der Waals surface area (Å²) in [5.74, 6) is 0. The zero-order valence-electron chi connectivity index (χ0n) is 7.23. The number of nitro benzene ring substituents is 1. The SMILES string of the molecule is O=c1[nH]cnc2cc(Cl)c([N+](=O)[O-])cc12. The van der Waals surface area contributed by atoms with Crippen LogP contribution in [0.4, 0.5) is 5.69 Å². The van der Waals surface area contributed by atoms with Gasteiger partial charge in [0.1, 0.15) is 5.02 Å². The van der Waals surface area contributed by atoms with E-state index in [0.29, 0.717) is 5.52 Å². The van der Waals surface area contributed by atoms with Crippen LogP contribution < -0.4 is 5.56 Å². The van der Waals surface area contributed by atoms with Crippen LogP contribution in [0.3, 0.4) is 0 Å². The average Bonchev–Trinajstić information content (AvgIpc) is 2.16. The van der Waals surface area contributed by atoms with Crippen molar-refractivity contribution in [3.63, 3.8) is 0 Å². The number of hydrogen-bond donors (Lipinski definition) is 1. The van der Waals surface area contributed by atoms with Gasteiger partial charge < -0.3 is 4.98 Å². The maximum absolute atomic E-state index is 11.3. The molecule has 0 spiro atoms. The molecule has 0 saturated heterocycles. The number of rotatable bonds is 1. The first-order valence-corrected chi connectivity index (χ1v) is 4.29. The smallest absolute Gasteiger partial charge is 0.288 e. The highest BCUT2D eigenvalue weighted by Gasteiger charge is 2.14. The van der Waals surface area contributed by atoms with Crippen molar-refractivity contribution in [3.8, 4) is 0 Å². The van der Waals surface area contributed by atoms with E-state index in [1.165, 1.54) is 12.4 Å². The normalized spacial score (nSPS) is 10.5. The molecule has 0 aliphatic rings. The van der Waals surface area contributed by atoms with Gasteiger partial charge in [-0.3, -0.25) is 14.9 Å². The van der Waals surface area contributed by atoms with Crippen molar-refractivity contribution in [2.24, 2.45) is 0 Å². The number of H-pyrrole nitrogens is 1. The third-order valence-electron chi connectivity index (χ3n) is 1.91. The quantitative estimate of drug-likeness (QED) is 0.588. The van der Waals surface area contributed by atoms with Crippen LogP contribution in [0.15, 0.2) is 23.3 Å². The molecule has 0 bridgehead atoms. The van der Waals surface area contributed by atoms with Gasteiger partial charge in [0, 0.05) is 6.07 Å². The molecule has 1 N–H and O–H groups in total. The second-order valence-corrected chi connectivity index (χ2v) is 3.22. The molecule has 0 unspecified atom stereocenters. The van der Waals surface area contributed by atoms with Crippen molar-refractivity contribution in [2.45, 2.75) is 0 Å². The molecule has 0 saturated carbocycles. The third-order valence-corrected chi connectivity index (χ3v) is 2.21. The van der Waals surface area contributed by atoms with Gasteiger partial charge in [-0.05, 0) is 6.07 Å². The van der Waals surface area contributed by atoms with Crippen molar-refractivity contribution in [1.82, 2.24) is 9.97 Å². The number of fused-ring (bicyclic) bond motifs is 1. The van der Waals surface area contributed by atoms with Crippen LogP contribution in [-0.2, 0) is 0 Å². The summed E-state index contributed by atoms with van der Waals surface area (Å²) in [4.78, 5) is 27.4. The summed E-state index contributed by atoms with van der Waals surface area (Å²) in [7, 11) is 0. The Kier molecular flexibility index (Phi) is 2.12. The van der Waals surface area contributed by atoms with Crippen molar-refractivity contribution in [3.05, 3.63) is 44.0 Å². The number of hydrogen-bond acceptors (Lipinski definition) is 4. The molecule has 2 aromatic rings. The van der Waals surface area contributed by atoms with Gasteiger partial charge in [0.05, 0.1) is 22.2 Å². The van der Waals surface area contributed by atoms with E-state index >= 15 is 0 Å². The molecule has 0 aliphatic carbocycles. The first-order valence-electron chi connectivity index (χ1n) is 3.91. The minimum atomic E-state index is -0.645. The molecule has 6 nitrogen and oxygen atoms in total. The second kappa shape index (κ2) is 3.32. The van der Waals surface area contributed by atoms with Crippen LogP contribution in [0.25, 0.3) is 10.9 Å². The van der Waals surface area contributed by atoms with E-state index in [1.54, 1.807) is 0 Å². The van der Waals surface area contributed by atoms with Crippen molar-refractivity contribution < 1.29 is 4.92 Å². The molecule has 0 aliphatic heterocycles. The highest BCUT2D eigenvalue weighted by Crippen LogP contribution is 2.26. The number of nitrogens with zero attached hydrogens (tertiary/aromatic N) is 2. The van der Waals surface area contributed by atoms with Crippen molar-refractivity contribution >= 4 is 28.2 Å². The lowest BCUT2D eigenvalue weighted by Crippen LogP contribution is -2.06. The topological polar surface area (TPSA) is 88.9 Å².